The average molecular weight is 493 g/mol. The zero-order valence-electron chi connectivity index (χ0n) is 18.1. The summed E-state index contributed by atoms with van der Waals surface area (Å²) in [6.45, 7) is 5.68. The number of para-hydroxylation sites is 1. The molecule has 2 atom stereocenters. The fraction of sp³-hybridized carbons (Fsp3) is 0.190. The summed E-state index contributed by atoms with van der Waals surface area (Å²) in [5.41, 5.74) is 8.96. The molecule has 1 aromatic heterocycles. The molecule has 3 rings (SSSR count). The van der Waals surface area contributed by atoms with Gasteiger partial charge in [-0.3, -0.25) is 14.6 Å². The smallest absolute Gasteiger partial charge is 0.480 e. The lowest BCUT2D eigenvalue weighted by molar-refractivity contribution is 0.201. The lowest BCUT2D eigenvalue weighted by Gasteiger charge is -2.20. The van der Waals surface area contributed by atoms with E-state index in [9.17, 15) is 18.9 Å². The van der Waals surface area contributed by atoms with Gasteiger partial charge in [0.2, 0.25) is 0 Å². The van der Waals surface area contributed by atoms with Crippen LogP contribution in [0.15, 0.2) is 55.1 Å². The zero-order chi connectivity index (χ0) is 24.2. The van der Waals surface area contributed by atoms with Gasteiger partial charge < -0.3 is 20.3 Å². The molecule has 12 heteroatoms. The number of nitrogens with one attached hydrogen (secondary N) is 1. The van der Waals surface area contributed by atoms with Crippen LogP contribution in [0.25, 0.3) is 16.5 Å². The summed E-state index contributed by atoms with van der Waals surface area (Å²) in [4.78, 5) is 24.3. The number of nitrogens with zero attached hydrogens (tertiary/aromatic N) is 1. The van der Waals surface area contributed by atoms with Crippen LogP contribution in [0.1, 0.15) is 16.8 Å². The van der Waals surface area contributed by atoms with Gasteiger partial charge in [0.25, 0.3) is 0 Å². The van der Waals surface area contributed by atoms with Gasteiger partial charge in [0.15, 0.2) is 0 Å². The molecule has 0 bridgehead atoms. The maximum Gasteiger partial charge on any atom is 0.480 e. The summed E-state index contributed by atoms with van der Waals surface area (Å²) < 4.78 is 38.6. The van der Waals surface area contributed by atoms with Gasteiger partial charge in [-0.05, 0) is 47.9 Å². The number of aryl methyl sites for hydroxylation is 1. The van der Waals surface area contributed by atoms with Crippen molar-refractivity contribution in [2.24, 2.45) is 5.73 Å². The Balaban J connectivity index is 1.96. The zero-order valence-corrected chi connectivity index (χ0v) is 19.9. The van der Waals surface area contributed by atoms with Crippen molar-refractivity contribution >= 4 is 37.7 Å². The summed E-state index contributed by atoms with van der Waals surface area (Å²) in [6, 6.07) is 14.4. The summed E-state index contributed by atoms with van der Waals surface area (Å²) in [5, 5.41) is 3.13. The minimum Gasteiger partial charge on any atom is -0.495 e. The van der Waals surface area contributed by atoms with Crippen molar-refractivity contribution in [1.82, 2.24) is 4.98 Å². The average Bonchev–Trinajstić information content (AvgIpc) is 2.75. The monoisotopic (exact) mass is 493 g/mol. The first kappa shape index (κ1) is 25.1. The van der Waals surface area contributed by atoms with E-state index in [0.717, 1.165) is 22.2 Å². The van der Waals surface area contributed by atoms with Gasteiger partial charge in [0.05, 0.1) is 24.9 Å². The Bertz CT molecular complexity index is 1280. The Kier molecular flexibility index (Phi) is 7.72. The standard InChI is InChI=1S/C21H25N3O7P2/c1-14-12-18(17-6-4-5-7-19(17)23-14)15(2)16-8-9-21(29-3)20(13-16)24-32(25,26)31-33(27,28)30-11-10-22/h4-9,12-13H,2,10-11,22H2,1,3H3,(H,27,28)(H2,24,25,26). The number of hydrogen-bond acceptors (Lipinski definition) is 7. The molecule has 0 aliphatic carbocycles. The van der Waals surface area contributed by atoms with E-state index in [1.807, 2.05) is 37.3 Å². The predicted octanol–water partition coefficient (Wildman–Crippen LogP) is 4.22. The van der Waals surface area contributed by atoms with Gasteiger partial charge in [-0.15, -0.1) is 0 Å². The molecule has 33 heavy (non-hydrogen) atoms. The molecule has 5 N–H and O–H groups in total. The highest BCUT2D eigenvalue weighted by Gasteiger charge is 2.34. The van der Waals surface area contributed by atoms with E-state index in [1.165, 1.54) is 13.2 Å². The van der Waals surface area contributed by atoms with Crippen molar-refractivity contribution in [3.05, 3.63) is 71.9 Å². The molecule has 176 valence electrons. The van der Waals surface area contributed by atoms with Crippen LogP contribution in [0.5, 0.6) is 5.75 Å². The molecule has 3 aromatic rings. The first-order valence-electron chi connectivity index (χ1n) is 9.79. The largest absolute Gasteiger partial charge is 0.495 e. The lowest BCUT2D eigenvalue weighted by atomic mass is 9.95. The fourth-order valence-electron chi connectivity index (χ4n) is 3.20. The third-order valence-corrected chi connectivity index (χ3v) is 7.31. The molecule has 0 spiro atoms. The van der Waals surface area contributed by atoms with E-state index in [4.69, 9.17) is 10.5 Å². The third kappa shape index (κ3) is 6.28. The lowest BCUT2D eigenvalue weighted by Crippen LogP contribution is -2.09. The van der Waals surface area contributed by atoms with Gasteiger partial charge in [-0.25, -0.2) is 9.13 Å². The highest BCUT2D eigenvalue weighted by Crippen LogP contribution is 2.60. The van der Waals surface area contributed by atoms with E-state index < -0.39 is 15.6 Å². The molecule has 0 aliphatic rings. The molecule has 1 heterocycles. The van der Waals surface area contributed by atoms with E-state index in [1.54, 1.807) is 12.1 Å². The minimum atomic E-state index is -4.83. The number of rotatable bonds is 10. The Hall–Kier alpha value is -2.55. The van der Waals surface area contributed by atoms with E-state index in [0.29, 0.717) is 11.1 Å². The summed E-state index contributed by atoms with van der Waals surface area (Å²) in [6.07, 6.45) is 0. The van der Waals surface area contributed by atoms with Crippen molar-refractivity contribution in [1.29, 1.82) is 0 Å². The van der Waals surface area contributed by atoms with Crippen molar-refractivity contribution in [2.75, 3.05) is 25.3 Å². The molecule has 2 aromatic carbocycles. The van der Waals surface area contributed by atoms with Crippen LogP contribution in [0, 0.1) is 6.92 Å². The first-order valence-corrected chi connectivity index (χ1v) is 12.9. The molecule has 0 amide bonds. The van der Waals surface area contributed by atoms with Gasteiger partial charge >= 0.3 is 15.6 Å². The minimum absolute atomic E-state index is 0.0518. The molecule has 0 saturated heterocycles. The number of fused-ring (bicyclic) bond motifs is 1. The number of anilines is 1. The van der Waals surface area contributed by atoms with Crippen LogP contribution >= 0.6 is 15.6 Å². The fourth-order valence-corrected chi connectivity index (χ4v) is 5.49. The second-order valence-electron chi connectivity index (χ2n) is 7.03. The number of ether oxygens (including phenoxy) is 1. The molecular formula is C21H25N3O7P2. The van der Waals surface area contributed by atoms with E-state index in [2.05, 4.69) is 25.5 Å². The van der Waals surface area contributed by atoms with Crippen molar-refractivity contribution < 1.29 is 32.5 Å². The van der Waals surface area contributed by atoms with Crippen LogP contribution in [0.3, 0.4) is 0 Å². The highest BCUT2D eigenvalue weighted by molar-refractivity contribution is 7.64. The van der Waals surface area contributed by atoms with Crippen molar-refractivity contribution in [3.63, 3.8) is 0 Å². The molecular weight excluding hydrogens is 468 g/mol. The maximum absolute atomic E-state index is 12.5. The van der Waals surface area contributed by atoms with Crippen molar-refractivity contribution in [3.8, 4) is 5.75 Å². The molecule has 2 unspecified atom stereocenters. The normalized spacial score (nSPS) is 14.9. The molecule has 10 nitrogen and oxygen atoms in total. The van der Waals surface area contributed by atoms with E-state index in [-0.39, 0.29) is 24.6 Å². The number of pyridine rings is 1. The van der Waals surface area contributed by atoms with Crippen LogP contribution in [0.4, 0.5) is 5.69 Å². The summed E-state index contributed by atoms with van der Waals surface area (Å²) >= 11 is 0. The Morgan fingerprint density at radius 1 is 1.18 bits per heavy atom. The SMILES string of the molecule is C=C(c1ccc(OC)c(NP(=O)(O)OP(=O)(O)OCCN)c1)c1cc(C)nc2ccccc12. The third-order valence-electron chi connectivity index (χ3n) is 4.57. The quantitative estimate of drug-likeness (QED) is 0.302. The number of nitrogens with two attached hydrogens (primary N) is 1. The molecule has 0 saturated carbocycles. The number of aromatic nitrogens is 1. The predicted molar refractivity (Wildman–Crippen MR) is 127 cm³/mol. The van der Waals surface area contributed by atoms with Crippen LogP contribution < -0.4 is 15.6 Å². The number of methoxy groups -OCH3 is 1. The van der Waals surface area contributed by atoms with Crippen molar-refractivity contribution in [2.45, 2.75) is 6.92 Å². The second-order valence-corrected chi connectivity index (χ2v) is 10.1. The maximum atomic E-state index is 12.5. The second kappa shape index (κ2) is 10.2. The van der Waals surface area contributed by atoms with Crippen LogP contribution in [0.2, 0.25) is 0 Å². The Morgan fingerprint density at radius 3 is 2.61 bits per heavy atom. The topological polar surface area (TPSA) is 153 Å². The Labute approximate surface area is 191 Å². The number of benzene rings is 2. The summed E-state index contributed by atoms with van der Waals surface area (Å²) in [5.74, 6) is 0.204. The highest BCUT2D eigenvalue weighted by atomic mass is 31.3. The number of hydrogen-bond donors (Lipinski definition) is 4. The number of phosphoric ester groups is 1. The van der Waals surface area contributed by atoms with Gasteiger partial charge in [0, 0.05) is 17.6 Å². The van der Waals surface area contributed by atoms with Crippen LogP contribution in [-0.4, -0.2) is 35.0 Å². The Morgan fingerprint density at radius 2 is 1.91 bits per heavy atom. The molecule has 0 aliphatic heterocycles. The van der Waals surface area contributed by atoms with Gasteiger partial charge in [-0.2, -0.15) is 4.31 Å². The molecule has 0 fully saturated rings. The number of phosphoric acid groups is 1. The first-order chi connectivity index (χ1) is 15.5. The summed E-state index contributed by atoms with van der Waals surface area (Å²) in [7, 11) is -8.28. The van der Waals surface area contributed by atoms with Crippen LogP contribution in [-0.2, 0) is 18.0 Å². The van der Waals surface area contributed by atoms with Gasteiger partial charge in [-0.1, -0.05) is 30.8 Å². The van der Waals surface area contributed by atoms with Gasteiger partial charge in [0.1, 0.15) is 5.75 Å². The van der Waals surface area contributed by atoms with E-state index >= 15 is 0 Å². The molecule has 0 radical (unpaired) electrons.